The predicted octanol–water partition coefficient (Wildman–Crippen LogP) is 2.97. The molecule has 2 N–H and O–H groups in total. The molecule has 0 radical (unpaired) electrons. The maximum Gasteiger partial charge on any atom is 0.295 e. The number of nitrogens with zero attached hydrogens (tertiary/aromatic N) is 1. The van der Waals surface area contributed by atoms with Crippen LogP contribution in [0.25, 0.3) is 12.2 Å². The van der Waals surface area contributed by atoms with Gasteiger partial charge in [0, 0.05) is 24.7 Å². The lowest BCUT2D eigenvalue weighted by Crippen LogP contribution is -2.05. The van der Waals surface area contributed by atoms with Gasteiger partial charge < -0.3 is 5.32 Å². The first-order valence-corrected chi connectivity index (χ1v) is 8.42. The van der Waals surface area contributed by atoms with Gasteiger partial charge in [-0.3, -0.25) is 19.5 Å². The molecule has 0 aliphatic heterocycles. The molecule has 2 aromatic carbocycles. The Labute approximate surface area is 143 Å². The van der Waals surface area contributed by atoms with Crippen LogP contribution in [0.1, 0.15) is 18.1 Å². The number of anilines is 1. The Hall–Kier alpha value is -3.04. The minimum Gasteiger partial charge on any atom is -0.326 e. The lowest BCUT2D eigenvalue weighted by atomic mass is 10.1. The largest absolute Gasteiger partial charge is 0.326 e. The molecule has 0 fully saturated rings. The third-order valence-corrected chi connectivity index (χ3v) is 4.08. The topological polar surface area (TPSA) is 127 Å². The summed E-state index contributed by atoms with van der Waals surface area (Å²) in [6.45, 7) is 1.39. The van der Waals surface area contributed by atoms with Crippen LogP contribution >= 0.6 is 0 Å². The summed E-state index contributed by atoms with van der Waals surface area (Å²) in [5.74, 6) is -0.202. The van der Waals surface area contributed by atoms with Crippen LogP contribution in [0.4, 0.5) is 11.4 Å². The number of amides is 1. The number of rotatable bonds is 5. The van der Waals surface area contributed by atoms with Crippen molar-refractivity contribution in [1.82, 2.24) is 0 Å². The molecule has 0 aliphatic rings. The summed E-state index contributed by atoms with van der Waals surface area (Å²) in [4.78, 5) is 20.4. The van der Waals surface area contributed by atoms with E-state index in [2.05, 4.69) is 5.32 Å². The van der Waals surface area contributed by atoms with Gasteiger partial charge in [0.05, 0.1) is 4.92 Å². The van der Waals surface area contributed by atoms with Gasteiger partial charge in [-0.2, -0.15) is 8.42 Å². The Morgan fingerprint density at radius 1 is 1.16 bits per heavy atom. The molecule has 0 unspecified atom stereocenters. The summed E-state index contributed by atoms with van der Waals surface area (Å²) in [5, 5.41) is 13.4. The van der Waals surface area contributed by atoms with E-state index in [4.69, 9.17) is 0 Å². The van der Waals surface area contributed by atoms with Crippen LogP contribution in [0, 0.1) is 10.1 Å². The van der Waals surface area contributed by atoms with Crippen molar-refractivity contribution < 1.29 is 22.7 Å². The molecule has 9 heteroatoms. The second-order valence-electron chi connectivity index (χ2n) is 5.09. The molecule has 8 nitrogen and oxygen atoms in total. The van der Waals surface area contributed by atoms with Crippen LogP contribution in [0.3, 0.4) is 0 Å². The molecule has 1 amide bonds. The van der Waals surface area contributed by atoms with Crippen LogP contribution in [0.2, 0.25) is 0 Å². The van der Waals surface area contributed by atoms with Gasteiger partial charge in [-0.05, 0) is 29.3 Å². The van der Waals surface area contributed by atoms with Crippen molar-refractivity contribution in [3.63, 3.8) is 0 Å². The average molecular weight is 362 g/mol. The molecule has 0 spiro atoms. The van der Waals surface area contributed by atoms with Crippen LogP contribution in [0.5, 0.6) is 0 Å². The maximum absolute atomic E-state index is 11.4. The van der Waals surface area contributed by atoms with E-state index in [1.165, 1.54) is 19.1 Å². The van der Waals surface area contributed by atoms with Gasteiger partial charge in [0.25, 0.3) is 15.8 Å². The van der Waals surface area contributed by atoms with Gasteiger partial charge in [-0.25, -0.2) is 0 Å². The molecule has 25 heavy (non-hydrogen) atoms. The Balaban J connectivity index is 2.34. The molecule has 0 heterocycles. The second kappa shape index (κ2) is 7.24. The smallest absolute Gasteiger partial charge is 0.295 e. The zero-order chi connectivity index (χ0) is 18.6. The average Bonchev–Trinajstić information content (AvgIpc) is 2.52. The normalized spacial score (nSPS) is 11.4. The lowest BCUT2D eigenvalue weighted by molar-refractivity contribution is -0.385. The van der Waals surface area contributed by atoms with Gasteiger partial charge in [-0.15, -0.1) is 0 Å². The van der Waals surface area contributed by atoms with E-state index in [-0.39, 0.29) is 11.5 Å². The number of nitro groups is 1. The van der Waals surface area contributed by atoms with Crippen molar-refractivity contribution >= 4 is 39.6 Å². The van der Waals surface area contributed by atoms with Crippen molar-refractivity contribution in [2.75, 3.05) is 5.32 Å². The number of benzene rings is 2. The minimum atomic E-state index is -4.62. The highest BCUT2D eigenvalue weighted by Crippen LogP contribution is 2.24. The van der Waals surface area contributed by atoms with Crippen LogP contribution < -0.4 is 5.32 Å². The molecule has 0 aromatic heterocycles. The number of nitrogens with one attached hydrogen (secondary N) is 1. The zero-order valence-corrected chi connectivity index (χ0v) is 13.9. The zero-order valence-electron chi connectivity index (χ0n) is 13.0. The molecule has 2 aromatic rings. The second-order valence-corrected chi connectivity index (χ2v) is 6.48. The maximum atomic E-state index is 11.4. The first kappa shape index (κ1) is 18.3. The SMILES string of the molecule is CC(=O)Nc1ccc(/C=C/c2ccc([N+](=O)[O-])cc2S(=O)(=O)O)cc1. The van der Waals surface area contributed by atoms with Gasteiger partial charge in [-0.1, -0.05) is 24.3 Å². The fourth-order valence-electron chi connectivity index (χ4n) is 2.06. The Morgan fingerprint density at radius 3 is 2.32 bits per heavy atom. The number of non-ortho nitro benzene ring substituents is 1. The van der Waals surface area contributed by atoms with Crippen LogP contribution in [0.15, 0.2) is 47.4 Å². The minimum absolute atomic E-state index is 0.110. The third kappa shape index (κ3) is 4.96. The molecule has 0 aliphatic carbocycles. The first-order valence-electron chi connectivity index (χ1n) is 6.98. The molecule has 0 bridgehead atoms. The standard InChI is InChI=1S/C16H14N2O6S/c1-11(19)17-14-7-3-12(4-8-14)2-5-13-6-9-15(18(20)21)10-16(13)25(22,23)24/h2-10H,1H3,(H,17,19)(H,22,23,24)/b5-2+. The Morgan fingerprint density at radius 2 is 1.80 bits per heavy atom. The van der Waals surface area contributed by atoms with Crippen molar-refractivity contribution in [2.24, 2.45) is 0 Å². The van der Waals surface area contributed by atoms with E-state index in [1.807, 2.05) is 0 Å². The van der Waals surface area contributed by atoms with E-state index < -0.39 is 25.6 Å². The van der Waals surface area contributed by atoms with Crippen LogP contribution in [-0.4, -0.2) is 23.8 Å². The summed E-state index contributed by atoms with van der Waals surface area (Å²) in [7, 11) is -4.62. The lowest BCUT2D eigenvalue weighted by Gasteiger charge is -2.04. The highest BCUT2D eigenvalue weighted by atomic mass is 32.2. The van der Waals surface area contributed by atoms with E-state index in [0.717, 1.165) is 12.1 Å². The fourth-order valence-corrected chi connectivity index (χ4v) is 2.77. The number of nitro benzene ring substituents is 1. The summed E-state index contributed by atoms with van der Waals surface area (Å²) >= 11 is 0. The number of carbonyl (C=O) groups is 1. The van der Waals surface area contributed by atoms with Gasteiger partial charge in [0.1, 0.15) is 4.90 Å². The molecule has 0 saturated heterocycles. The molecule has 0 atom stereocenters. The number of hydrogen-bond acceptors (Lipinski definition) is 5. The van der Waals surface area contributed by atoms with Gasteiger partial charge in [0.15, 0.2) is 0 Å². The van der Waals surface area contributed by atoms with Crippen molar-refractivity contribution in [3.8, 4) is 0 Å². The summed E-state index contributed by atoms with van der Waals surface area (Å²) < 4.78 is 32.2. The molecule has 130 valence electrons. The first-order chi connectivity index (χ1) is 11.7. The predicted molar refractivity (Wildman–Crippen MR) is 92.6 cm³/mol. The summed E-state index contributed by atoms with van der Waals surface area (Å²) in [5.41, 5.74) is 0.982. The monoisotopic (exact) mass is 362 g/mol. The third-order valence-electron chi connectivity index (χ3n) is 3.17. The van der Waals surface area contributed by atoms with Gasteiger partial charge >= 0.3 is 0 Å². The van der Waals surface area contributed by atoms with E-state index in [0.29, 0.717) is 11.3 Å². The molecular formula is C16H14N2O6S. The van der Waals surface area contributed by atoms with E-state index >= 15 is 0 Å². The fraction of sp³-hybridized carbons (Fsp3) is 0.0625. The molecular weight excluding hydrogens is 348 g/mol. The van der Waals surface area contributed by atoms with Crippen LogP contribution in [-0.2, 0) is 14.9 Å². The van der Waals surface area contributed by atoms with E-state index in [1.54, 1.807) is 30.3 Å². The van der Waals surface area contributed by atoms with Gasteiger partial charge in [0.2, 0.25) is 5.91 Å². The van der Waals surface area contributed by atoms with Crippen molar-refractivity contribution in [2.45, 2.75) is 11.8 Å². The van der Waals surface area contributed by atoms with E-state index in [9.17, 15) is 27.9 Å². The Bertz CT molecular complexity index is 949. The summed E-state index contributed by atoms with van der Waals surface area (Å²) in [6, 6.07) is 9.91. The Kier molecular flexibility index (Phi) is 5.30. The summed E-state index contributed by atoms with van der Waals surface area (Å²) in [6.07, 6.45) is 2.99. The number of hydrogen-bond donors (Lipinski definition) is 2. The quantitative estimate of drug-likeness (QED) is 0.364. The van der Waals surface area contributed by atoms with Crippen molar-refractivity contribution in [3.05, 3.63) is 63.7 Å². The molecule has 2 rings (SSSR count). The van der Waals surface area contributed by atoms with Crippen molar-refractivity contribution in [1.29, 1.82) is 0 Å². The highest BCUT2D eigenvalue weighted by molar-refractivity contribution is 7.86. The molecule has 0 saturated carbocycles. The highest BCUT2D eigenvalue weighted by Gasteiger charge is 2.18. The number of carbonyl (C=O) groups excluding carboxylic acids is 1.